The van der Waals surface area contributed by atoms with Crippen molar-refractivity contribution < 1.29 is 19.8 Å². The van der Waals surface area contributed by atoms with Crippen molar-refractivity contribution in [3.63, 3.8) is 0 Å². The number of carbonyl (C=O) groups is 2. The molecule has 2 fully saturated rings. The quantitative estimate of drug-likeness (QED) is 0.444. The number of amides is 1. The van der Waals surface area contributed by atoms with Crippen LogP contribution in [0.4, 0.5) is 0 Å². The Morgan fingerprint density at radius 1 is 1.43 bits per heavy atom. The highest BCUT2D eigenvalue weighted by Crippen LogP contribution is 2.51. The van der Waals surface area contributed by atoms with Crippen LogP contribution < -0.4 is 5.32 Å². The predicted octanol–water partition coefficient (Wildman–Crippen LogP) is 0.864. The molecule has 0 saturated carbocycles. The molecule has 8 heteroatoms. The number of aliphatic hydroxyl groups excluding tert-OH is 1. The van der Waals surface area contributed by atoms with E-state index in [1.807, 2.05) is 6.92 Å². The molecule has 4 heterocycles. The van der Waals surface area contributed by atoms with Crippen molar-refractivity contribution >= 4 is 23.6 Å². The summed E-state index contributed by atoms with van der Waals surface area (Å²) in [6, 6.07) is 0.633. The zero-order chi connectivity index (χ0) is 20.2. The third-order valence-electron chi connectivity index (χ3n) is 6.57. The van der Waals surface area contributed by atoms with E-state index in [-0.39, 0.29) is 23.6 Å². The molecular weight excluding hydrogens is 378 g/mol. The summed E-state index contributed by atoms with van der Waals surface area (Å²) in [4.78, 5) is 29.0. The van der Waals surface area contributed by atoms with Crippen molar-refractivity contribution in [2.24, 2.45) is 11.8 Å². The van der Waals surface area contributed by atoms with Crippen LogP contribution in [0.25, 0.3) is 0 Å². The van der Waals surface area contributed by atoms with Gasteiger partial charge in [0.1, 0.15) is 5.70 Å². The molecule has 2 saturated heterocycles. The van der Waals surface area contributed by atoms with E-state index >= 15 is 0 Å². The first-order valence-corrected chi connectivity index (χ1v) is 11.0. The van der Waals surface area contributed by atoms with Crippen LogP contribution >= 0.6 is 11.8 Å². The van der Waals surface area contributed by atoms with Gasteiger partial charge < -0.3 is 20.4 Å². The topological polar surface area (TPSA) is 93.1 Å². The molecular formula is C20H29N3O4S. The second-order valence-electron chi connectivity index (χ2n) is 8.48. The average molecular weight is 408 g/mol. The molecule has 0 aromatic carbocycles. The van der Waals surface area contributed by atoms with Crippen molar-refractivity contribution in [1.82, 2.24) is 15.1 Å². The van der Waals surface area contributed by atoms with E-state index in [2.05, 4.69) is 29.3 Å². The summed E-state index contributed by atoms with van der Waals surface area (Å²) in [6.45, 7) is 8.61. The van der Waals surface area contributed by atoms with Gasteiger partial charge in [-0.2, -0.15) is 0 Å². The van der Waals surface area contributed by atoms with E-state index in [0.717, 1.165) is 31.0 Å². The lowest BCUT2D eigenvalue weighted by Crippen LogP contribution is -2.63. The molecule has 0 aromatic heterocycles. The summed E-state index contributed by atoms with van der Waals surface area (Å²) in [6.07, 6.45) is 4.65. The van der Waals surface area contributed by atoms with Crippen LogP contribution in [0.15, 0.2) is 22.8 Å². The van der Waals surface area contributed by atoms with Crippen LogP contribution in [-0.2, 0) is 9.59 Å². The van der Waals surface area contributed by atoms with E-state index in [1.165, 1.54) is 4.90 Å². The number of thioether (sulfide) groups is 1. The molecule has 0 aromatic rings. The Morgan fingerprint density at radius 2 is 2.18 bits per heavy atom. The average Bonchev–Trinajstić information content (AvgIpc) is 3.28. The minimum Gasteiger partial charge on any atom is -0.477 e. The molecule has 4 aliphatic heterocycles. The molecule has 7 nitrogen and oxygen atoms in total. The fraction of sp³-hybridized carbons (Fsp3) is 0.700. The Kier molecular flexibility index (Phi) is 5.33. The molecule has 1 amide bonds. The number of rotatable bonds is 6. The van der Waals surface area contributed by atoms with E-state index in [4.69, 9.17) is 0 Å². The number of hydrogen-bond donors (Lipinski definition) is 3. The highest BCUT2D eigenvalue weighted by atomic mass is 32.2. The fourth-order valence-corrected chi connectivity index (χ4v) is 6.59. The number of carboxylic acid groups (broad SMARTS) is 1. The smallest absolute Gasteiger partial charge is 0.353 e. The molecule has 0 aliphatic carbocycles. The molecule has 7 atom stereocenters. The van der Waals surface area contributed by atoms with Crippen LogP contribution in [0.1, 0.15) is 27.2 Å². The molecule has 154 valence electrons. The van der Waals surface area contributed by atoms with Crippen molar-refractivity contribution in [2.75, 3.05) is 19.6 Å². The van der Waals surface area contributed by atoms with E-state index in [9.17, 15) is 19.8 Å². The second-order valence-corrected chi connectivity index (χ2v) is 9.82. The fourth-order valence-electron chi connectivity index (χ4n) is 5.07. The molecule has 0 spiro atoms. The largest absolute Gasteiger partial charge is 0.477 e. The van der Waals surface area contributed by atoms with Crippen molar-refractivity contribution in [2.45, 2.75) is 56.7 Å². The molecule has 28 heavy (non-hydrogen) atoms. The number of fused-ring (bicyclic) bond motifs is 1. The first kappa shape index (κ1) is 19.9. The number of nitrogens with one attached hydrogen (secondary N) is 1. The summed E-state index contributed by atoms with van der Waals surface area (Å²) in [7, 11) is 0. The molecule has 4 aliphatic rings. The lowest BCUT2D eigenvalue weighted by molar-refractivity contribution is -0.163. The van der Waals surface area contributed by atoms with Gasteiger partial charge in [-0.15, -0.1) is 11.8 Å². The van der Waals surface area contributed by atoms with Gasteiger partial charge in [0.15, 0.2) is 0 Å². The Bertz CT molecular complexity index is 737. The third kappa shape index (κ3) is 3.20. The standard InChI is InChI=1S/C20H29N3O4S/c1-10-5-4-6-22(10)9-13-7-14(8-21-13)28-18-11(2)16-15(12(3)24)19(25)23(16)17(18)20(26)27/h4-5,10-16,21,24H,6-9H2,1-3H3,(H,26,27)/t10?,11-,12-,13+,14+,15?,16?/m1/s1. The van der Waals surface area contributed by atoms with Gasteiger partial charge in [-0.25, -0.2) is 4.79 Å². The van der Waals surface area contributed by atoms with Crippen LogP contribution in [-0.4, -0.2) is 81.0 Å². The summed E-state index contributed by atoms with van der Waals surface area (Å²) in [5, 5.41) is 23.6. The van der Waals surface area contributed by atoms with Gasteiger partial charge in [0, 0.05) is 47.8 Å². The number of nitrogens with zero attached hydrogens (tertiary/aromatic N) is 2. The summed E-state index contributed by atoms with van der Waals surface area (Å²) < 4.78 is 0. The van der Waals surface area contributed by atoms with Gasteiger partial charge in [0.05, 0.1) is 18.1 Å². The number of β-lactam (4-membered cyclic amide) rings is 1. The van der Waals surface area contributed by atoms with Crippen LogP contribution in [0.3, 0.4) is 0 Å². The molecule has 0 radical (unpaired) electrons. The van der Waals surface area contributed by atoms with Gasteiger partial charge in [0.2, 0.25) is 5.91 Å². The Labute approximate surface area is 169 Å². The van der Waals surface area contributed by atoms with Gasteiger partial charge in [-0.05, 0) is 20.3 Å². The summed E-state index contributed by atoms with van der Waals surface area (Å²) in [5.41, 5.74) is 0.130. The Morgan fingerprint density at radius 3 is 2.79 bits per heavy atom. The van der Waals surface area contributed by atoms with Crippen molar-refractivity contribution in [3.05, 3.63) is 22.8 Å². The zero-order valence-corrected chi connectivity index (χ0v) is 17.4. The van der Waals surface area contributed by atoms with Crippen LogP contribution in [0.5, 0.6) is 0 Å². The first-order chi connectivity index (χ1) is 13.3. The molecule has 0 bridgehead atoms. The maximum absolute atomic E-state index is 12.4. The summed E-state index contributed by atoms with van der Waals surface area (Å²) >= 11 is 1.61. The number of hydrogen-bond acceptors (Lipinski definition) is 6. The van der Waals surface area contributed by atoms with E-state index in [1.54, 1.807) is 18.7 Å². The first-order valence-electron chi connectivity index (χ1n) is 10.1. The number of aliphatic hydroxyl groups is 1. The summed E-state index contributed by atoms with van der Waals surface area (Å²) in [5.74, 6) is -1.87. The van der Waals surface area contributed by atoms with Crippen molar-refractivity contribution in [3.8, 4) is 0 Å². The minimum absolute atomic E-state index is 0.0599. The maximum Gasteiger partial charge on any atom is 0.353 e. The molecule has 3 N–H and O–H groups in total. The van der Waals surface area contributed by atoms with E-state index < -0.39 is 18.0 Å². The number of carboxylic acids is 1. The lowest BCUT2D eigenvalue weighted by Gasteiger charge is -2.46. The second kappa shape index (κ2) is 7.48. The molecule has 4 rings (SSSR count). The van der Waals surface area contributed by atoms with Gasteiger partial charge >= 0.3 is 5.97 Å². The van der Waals surface area contributed by atoms with Gasteiger partial charge in [-0.3, -0.25) is 9.69 Å². The lowest BCUT2D eigenvalue weighted by atomic mass is 9.79. The van der Waals surface area contributed by atoms with Crippen molar-refractivity contribution in [1.29, 1.82) is 0 Å². The third-order valence-corrected chi connectivity index (χ3v) is 8.08. The monoisotopic (exact) mass is 407 g/mol. The Balaban J connectivity index is 1.44. The zero-order valence-electron chi connectivity index (χ0n) is 16.5. The maximum atomic E-state index is 12.4. The number of aliphatic carboxylic acids is 1. The van der Waals surface area contributed by atoms with Gasteiger partial charge in [0.25, 0.3) is 0 Å². The van der Waals surface area contributed by atoms with Crippen LogP contribution in [0.2, 0.25) is 0 Å². The SMILES string of the molecule is CC1C=CCN1C[C@@H]1C[C@H](SC2=C(C(=O)O)N3C(=O)C([C@@H](C)O)C3[C@H]2C)CN1. The highest BCUT2D eigenvalue weighted by molar-refractivity contribution is 8.03. The van der Waals surface area contributed by atoms with Gasteiger partial charge in [-0.1, -0.05) is 19.1 Å². The molecule has 3 unspecified atom stereocenters. The normalized spacial score (nSPS) is 38.9. The van der Waals surface area contributed by atoms with Crippen LogP contribution in [0, 0.1) is 11.8 Å². The minimum atomic E-state index is -1.05. The Hall–Kier alpha value is -1.35. The highest BCUT2D eigenvalue weighted by Gasteiger charge is 2.60. The number of carbonyl (C=O) groups excluding carboxylic acids is 1. The van der Waals surface area contributed by atoms with E-state index in [0.29, 0.717) is 17.3 Å². The predicted molar refractivity (Wildman–Crippen MR) is 108 cm³/mol.